The second-order valence-corrected chi connectivity index (χ2v) is 3.93. The molecule has 0 amide bonds. The van der Waals surface area contributed by atoms with Crippen molar-refractivity contribution in [2.24, 2.45) is 0 Å². The monoisotopic (exact) mass is 212 g/mol. The molecule has 76 valence electrons. The molecule has 1 saturated heterocycles. The van der Waals surface area contributed by atoms with Gasteiger partial charge in [0.25, 0.3) is 0 Å². The van der Waals surface area contributed by atoms with Crippen LogP contribution < -0.4 is 4.74 Å². The summed E-state index contributed by atoms with van der Waals surface area (Å²) in [5.74, 6) is 0.811. The average Bonchev–Trinajstić information content (AvgIpc) is 2.92. The highest BCUT2D eigenvalue weighted by Crippen LogP contribution is 2.22. The molecule has 2 rings (SSSR count). The number of ether oxygens (including phenoxy) is 2. The minimum absolute atomic E-state index is 0.143. The second kappa shape index (κ2) is 4.21. The molecule has 2 atom stereocenters. The molecule has 0 saturated carbocycles. The molecule has 0 aliphatic carbocycles. The third-order valence-corrected chi connectivity index (χ3v) is 2.77. The Balaban J connectivity index is 1.84. The molecule has 1 aromatic rings. The molecule has 3 nitrogen and oxygen atoms in total. The predicted molar refractivity (Wildman–Crippen MR) is 54.6 cm³/mol. The van der Waals surface area contributed by atoms with Gasteiger partial charge in [0.05, 0.1) is 0 Å². The second-order valence-electron chi connectivity index (χ2n) is 3.05. The fourth-order valence-corrected chi connectivity index (χ4v) is 1.51. The lowest BCUT2D eigenvalue weighted by Crippen LogP contribution is -2.06. The molecule has 1 aromatic carbocycles. The quantitative estimate of drug-likeness (QED) is 0.606. The van der Waals surface area contributed by atoms with Crippen LogP contribution in [0, 0.1) is 0 Å². The van der Waals surface area contributed by atoms with Gasteiger partial charge in [-0.25, -0.2) is 0 Å². The summed E-state index contributed by atoms with van der Waals surface area (Å²) in [5.41, 5.74) is 0. The zero-order valence-corrected chi connectivity index (χ0v) is 8.66. The highest BCUT2D eigenvalue weighted by atomic mass is 32.2. The number of aliphatic hydroxyl groups is 1. The van der Waals surface area contributed by atoms with Gasteiger partial charge in [-0.3, -0.25) is 0 Å². The first-order chi connectivity index (χ1) is 6.79. The smallest absolute Gasteiger partial charge is 0.185 e. The van der Waals surface area contributed by atoms with Crippen LogP contribution in [0.3, 0.4) is 0 Å². The van der Waals surface area contributed by atoms with Gasteiger partial charge in [-0.05, 0) is 30.5 Å². The molecular formula is C10H12O3S. The SMILES string of the molecule is CSc1ccc(OC[C@H]2O[C@H]2O)cc1. The summed E-state index contributed by atoms with van der Waals surface area (Å²) in [6.45, 7) is 0.416. The topological polar surface area (TPSA) is 42.0 Å². The van der Waals surface area contributed by atoms with Crippen LogP contribution in [0.1, 0.15) is 0 Å². The maximum atomic E-state index is 8.88. The number of hydrogen-bond donors (Lipinski definition) is 1. The van der Waals surface area contributed by atoms with Gasteiger partial charge < -0.3 is 14.6 Å². The minimum atomic E-state index is -0.625. The Labute approximate surface area is 87.0 Å². The van der Waals surface area contributed by atoms with Gasteiger partial charge in [-0.1, -0.05) is 0 Å². The molecule has 0 bridgehead atoms. The molecule has 0 unspecified atom stereocenters. The standard InChI is InChI=1S/C10H12O3S/c1-14-8-4-2-7(3-5-8)12-6-9-10(11)13-9/h2-5,9-11H,6H2,1H3/t9-,10-/m1/s1. The molecule has 4 heteroatoms. The fraction of sp³-hybridized carbons (Fsp3) is 0.400. The van der Waals surface area contributed by atoms with Gasteiger partial charge in [-0.2, -0.15) is 0 Å². The molecule has 1 heterocycles. The molecule has 0 radical (unpaired) electrons. The Bertz CT molecular complexity index is 299. The summed E-state index contributed by atoms with van der Waals surface area (Å²) < 4.78 is 10.2. The summed E-state index contributed by atoms with van der Waals surface area (Å²) in [4.78, 5) is 1.21. The van der Waals surface area contributed by atoms with Crippen molar-refractivity contribution in [3.05, 3.63) is 24.3 Å². The van der Waals surface area contributed by atoms with Gasteiger partial charge in [0.1, 0.15) is 18.5 Å². The van der Waals surface area contributed by atoms with Crippen LogP contribution in [0.4, 0.5) is 0 Å². The molecule has 1 N–H and O–H groups in total. The first-order valence-corrected chi connectivity index (χ1v) is 5.62. The fourth-order valence-electron chi connectivity index (χ4n) is 1.11. The molecule has 0 spiro atoms. The molecule has 1 aliphatic heterocycles. The van der Waals surface area contributed by atoms with Gasteiger partial charge in [-0.15, -0.1) is 11.8 Å². The highest BCUT2D eigenvalue weighted by Gasteiger charge is 2.37. The van der Waals surface area contributed by atoms with Crippen molar-refractivity contribution in [1.29, 1.82) is 0 Å². The van der Waals surface area contributed by atoms with Crippen molar-refractivity contribution in [3.8, 4) is 5.75 Å². The summed E-state index contributed by atoms with van der Waals surface area (Å²) in [7, 11) is 0. The number of hydrogen-bond acceptors (Lipinski definition) is 4. The zero-order valence-electron chi connectivity index (χ0n) is 7.84. The maximum Gasteiger partial charge on any atom is 0.185 e. The molecule has 14 heavy (non-hydrogen) atoms. The van der Waals surface area contributed by atoms with E-state index in [9.17, 15) is 0 Å². The lowest BCUT2D eigenvalue weighted by molar-refractivity contribution is 0.155. The summed E-state index contributed by atoms with van der Waals surface area (Å²) in [6.07, 6.45) is 1.26. The number of benzene rings is 1. The lowest BCUT2D eigenvalue weighted by atomic mass is 10.3. The molecular weight excluding hydrogens is 200 g/mol. The van der Waals surface area contributed by atoms with Crippen molar-refractivity contribution in [2.75, 3.05) is 12.9 Å². The van der Waals surface area contributed by atoms with Gasteiger partial charge in [0.2, 0.25) is 0 Å². The Morgan fingerprint density at radius 1 is 1.43 bits per heavy atom. The number of thioether (sulfide) groups is 1. The molecule has 1 aliphatic rings. The Morgan fingerprint density at radius 3 is 2.57 bits per heavy atom. The summed E-state index contributed by atoms with van der Waals surface area (Å²) in [6, 6.07) is 7.84. The van der Waals surface area contributed by atoms with Crippen LogP contribution in [0.25, 0.3) is 0 Å². The van der Waals surface area contributed by atoms with E-state index < -0.39 is 6.29 Å². The van der Waals surface area contributed by atoms with Crippen molar-refractivity contribution in [3.63, 3.8) is 0 Å². The first kappa shape index (κ1) is 9.83. The van der Waals surface area contributed by atoms with E-state index in [0.29, 0.717) is 6.61 Å². The highest BCUT2D eigenvalue weighted by molar-refractivity contribution is 7.98. The van der Waals surface area contributed by atoms with Gasteiger partial charge in [0, 0.05) is 4.90 Å². The van der Waals surface area contributed by atoms with Crippen molar-refractivity contribution >= 4 is 11.8 Å². The van der Waals surface area contributed by atoms with Crippen molar-refractivity contribution in [2.45, 2.75) is 17.3 Å². The van der Waals surface area contributed by atoms with Gasteiger partial charge >= 0.3 is 0 Å². The normalized spacial score (nSPS) is 24.7. The summed E-state index contributed by atoms with van der Waals surface area (Å²) in [5, 5.41) is 8.88. The molecule has 0 aromatic heterocycles. The van der Waals surface area contributed by atoms with E-state index in [1.54, 1.807) is 11.8 Å². The third-order valence-electron chi connectivity index (χ3n) is 2.03. The Morgan fingerprint density at radius 2 is 2.07 bits per heavy atom. The number of epoxide rings is 1. The lowest BCUT2D eigenvalue weighted by Gasteiger charge is -2.04. The van der Waals surface area contributed by atoms with Crippen LogP contribution >= 0.6 is 11.8 Å². The van der Waals surface area contributed by atoms with Crippen LogP contribution in [0.2, 0.25) is 0 Å². The van der Waals surface area contributed by atoms with Crippen LogP contribution in [-0.4, -0.2) is 30.4 Å². The van der Waals surface area contributed by atoms with Crippen LogP contribution in [0.5, 0.6) is 5.75 Å². The first-order valence-electron chi connectivity index (χ1n) is 4.40. The van der Waals surface area contributed by atoms with E-state index in [4.69, 9.17) is 14.6 Å². The predicted octanol–water partition coefficient (Wildman–Crippen LogP) is 1.50. The van der Waals surface area contributed by atoms with E-state index in [2.05, 4.69) is 0 Å². The summed E-state index contributed by atoms with van der Waals surface area (Å²) >= 11 is 1.69. The minimum Gasteiger partial charge on any atom is -0.491 e. The largest absolute Gasteiger partial charge is 0.491 e. The van der Waals surface area contributed by atoms with E-state index >= 15 is 0 Å². The van der Waals surface area contributed by atoms with Crippen molar-refractivity contribution < 1.29 is 14.6 Å². The van der Waals surface area contributed by atoms with E-state index in [-0.39, 0.29) is 6.10 Å². The van der Waals surface area contributed by atoms with Crippen molar-refractivity contribution in [1.82, 2.24) is 0 Å². The zero-order chi connectivity index (χ0) is 9.97. The van der Waals surface area contributed by atoms with Crippen LogP contribution in [-0.2, 0) is 4.74 Å². The Hall–Kier alpha value is -0.710. The van der Waals surface area contributed by atoms with Gasteiger partial charge in [0.15, 0.2) is 6.29 Å². The number of rotatable bonds is 4. The van der Waals surface area contributed by atoms with E-state index in [1.165, 1.54) is 4.90 Å². The third kappa shape index (κ3) is 2.41. The van der Waals surface area contributed by atoms with E-state index in [0.717, 1.165) is 5.75 Å². The number of aliphatic hydroxyl groups excluding tert-OH is 1. The van der Waals surface area contributed by atoms with Crippen LogP contribution in [0.15, 0.2) is 29.2 Å². The Kier molecular flexibility index (Phi) is 2.96. The average molecular weight is 212 g/mol. The van der Waals surface area contributed by atoms with E-state index in [1.807, 2.05) is 30.5 Å². The maximum absolute atomic E-state index is 8.88. The molecule has 1 fully saturated rings.